The van der Waals surface area contributed by atoms with Gasteiger partial charge in [-0.3, -0.25) is 4.79 Å². The van der Waals surface area contributed by atoms with Crippen LogP contribution in [0.2, 0.25) is 0 Å². The molecule has 1 atom stereocenters. The molecule has 0 aromatic carbocycles. The van der Waals surface area contributed by atoms with Gasteiger partial charge in [0.2, 0.25) is 0 Å². The lowest BCUT2D eigenvalue weighted by Gasteiger charge is -2.19. The second kappa shape index (κ2) is 4.80. The van der Waals surface area contributed by atoms with Gasteiger partial charge in [-0.25, -0.2) is 4.79 Å². The molecule has 0 aliphatic carbocycles. The highest BCUT2D eigenvalue weighted by atomic mass is 16.8. The number of hydrogen-bond donors (Lipinski definition) is 2. The van der Waals surface area contributed by atoms with E-state index in [1.54, 1.807) is 20.8 Å². The van der Waals surface area contributed by atoms with Crippen LogP contribution in [-0.4, -0.2) is 28.9 Å². The van der Waals surface area contributed by atoms with E-state index in [-0.39, 0.29) is 0 Å². The summed E-state index contributed by atoms with van der Waals surface area (Å²) in [5.41, 5.74) is 1.37. The SMILES string of the molecule is CC(NOC(=O)OC(C)(C)C)C(=O)O. The molecule has 1 unspecified atom stereocenters. The van der Waals surface area contributed by atoms with Gasteiger partial charge in [0.05, 0.1) is 0 Å². The van der Waals surface area contributed by atoms with Crippen LogP contribution < -0.4 is 5.48 Å². The van der Waals surface area contributed by atoms with Crippen molar-refractivity contribution >= 4 is 12.1 Å². The monoisotopic (exact) mass is 205 g/mol. The molecule has 82 valence electrons. The zero-order valence-electron chi connectivity index (χ0n) is 8.66. The molecule has 0 aromatic rings. The number of hydroxylamine groups is 1. The average molecular weight is 205 g/mol. The third-order valence-electron chi connectivity index (χ3n) is 1.08. The van der Waals surface area contributed by atoms with Crippen molar-refractivity contribution in [2.75, 3.05) is 0 Å². The topological polar surface area (TPSA) is 84.9 Å². The third-order valence-corrected chi connectivity index (χ3v) is 1.08. The maximum absolute atomic E-state index is 10.9. The number of hydrogen-bond acceptors (Lipinski definition) is 5. The Morgan fingerprint density at radius 2 is 1.86 bits per heavy atom. The second-order valence-electron chi connectivity index (χ2n) is 3.74. The fourth-order valence-electron chi connectivity index (χ4n) is 0.458. The van der Waals surface area contributed by atoms with Crippen LogP contribution in [0.15, 0.2) is 0 Å². The van der Waals surface area contributed by atoms with E-state index in [9.17, 15) is 9.59 Å². The van der Waals surface area contributed by atoms with Crippen LogP contribution in [-0.2, 0) is 14.4 Å². The summed E-state index contributed by atoms with van der Waals surface area (Å²) in [6, 6.07) is -0.970. The molecule has 0 bridgehead atoms. The van der Waals surface area contributed by atoms with Gasteiger partial charge < -0.3 is 14.7 Å². The van der Waals surface area contributed by atoms with Gasteiger partial charge in [-0.05, 0) is 27.7 Å². The van der Waals surface area contributed by atoms with E-state index >= 15 is 0 Å². The van der Waals surface area contributed by atoms with Gasteiger partial charge in [-0.2, -0.15) is 0 Å². The summed E-state index contributed by atoms with van der Waals surface area (Å²) < 4.78 is 4.75. The normalized spacial score (nSPS) is 13.1. The van der Waals surface area contributed by atoms with Crippen LogP contribution in [0.4, 0.5) is 4.79 Å². The van der Waals surface area contributed by atoms with Crippen LogP contribution in [0.3, 0.4) is 0 Å². The first kappa shape index (κ1) is 12.7. The minimum absolute atomic E-state index is 0.661. The number of carboxylic acid groups (broad SMARTS) is 1. The molecular formula is C8H15NO5. The van der Waals surface area contributed by atoms with Gasteiger partial charge in [0.25, 0.3) is 0 Å². The highest BCUT2D eigenvalue weighted by Crippen LogP contribution is 2.07. The molecule has 0 aliphatic heterocycles. The first-order valence-corrected chi connectivity index (χ1v) is 4.10. The molecule has 0 aliphatic rings. The number of rotatable bonds is 3. The predicted octanol–water partition coefficient (Wildman–Crippen LogP) is 0.916. The van der Waals surface area contributed by atoms with E-state index in [1.807, 2.05) is 5.48 Å². The van der Waals surface area contributed by atoms with Crippen molar-refractivity contribution in [2.24, 2.45) is 0 Å². The van der Waals surface area contributed by atoms with Crippen molar-refractivity contribution in [1.82, 2.24) is 5.48 Å². The molecular weight excluding hydrogens is 190 g/mol. The van der Waals surface area contributed by atoms with Crippen molar-refractivity contribution in [3.05, 3.63) is 0 Å². The van der Waals surface area contributed by atoms with E-state index in [2.05, 4.69) is 4.84 Å². The maximum atomic E-state index is 10.9. The smallest absolute Gasteiger partial charge is 0.480 e. The first-order valence-electron chi connectivity index (χ1n) is 4.10. The number of carbonyl (C=O) groups is 2. The van der Waals surface area contributed by atoms with Crippen molar-refractivity contribution < 1.29 is 24.3 Å². The number of ether oxygens (including phenoxy) is 1. The quantitative estimate of drug-likeness (QED) is 0.526. The Labute approximate surface area is 82.1 Å². The molecule has 6 heteroatoms. The Bertz CT molecular complexity index is 220. The van der Waals surface area contributed by atoms with Crippen LogP contribution in [0.1, 0.15) is 27.7 Å². The lowest BCUT2D eigenvalue weighted by molar-refractivity contribution is -0.142. The molecule has 0 amide bonds. The number of nitrogens with one attached hydrogen (secondary N) is 1. The Balaban J connectivity index is 3.81. The van der Waals surface area contributed by atoms with Gasteiger partial charge in [0.15, 0.2) is 0 Å². The van der Waals surface area contributed by atoms with E-state index in [4.69, 9.17) is 9.84 Å². The molecule has 0 rings (SSSR count). The van der Waals surface area contributed by atoms with Gasteiger partial charge in [0.1, 0.15) is 11.6 Å². The summed E-state index contributed by atoms with van der Waals surface area (Å²) >= 11 is 0. The van der Waals surface area contributed by atoms with Crippen molar-refractivity contribution in [3.8, 4) is 0 Å². The molecule has 6 nitrogen and oxygen atoms in total. The number of aliphatic carboxylic acids is 1. The molecule has 0 spiro atoms. The fourth-order valence-corrected chi connectivity index (χ4v) is 0.458. The van der Waals surface area contributed by atoms with E-state index in [1.165, 1.54) is 6.92 Å². The average Bonchev–Trinajstić information content (AvgIpc) is 1.96. The zero-order valence-corrected chi connectivity index (χ0v) is 8.66. The van der Waals surface area contributed by atoms with E-state index in [0.717, 1.165) is 0 Å². The molecule has 0 saturated carbocycles. The first-order chi connectivity index (χ1) is 6.22. The third kappa shape index (κ3) is 6.24. The highest BCUT2D eigenvalue weighted by molar-refractivity contribution is 5.73. The molecule has 0 saturated heterocycles. The second-order valence-corrected chi connectivity index (χ2v) is 3.74. The summed E-state index contributed by atoms with van der Waals surface area (Å²) in [5, 5.41) is 8.43. The Morgan fingerprint density at radius 1 is 1.36 bits per heavy atom. The van der Waals surface area contributed by atoms with Crippen molar-refractivity contribution in [2.45, 2.75) is 39.3 Å². The largest absolute Gasteiger partial charge is 0.528 e. The standard InChI is InChI=1S/C8H15NO5/c1-5(6(10)11)9-14-7(12)13-8(2,3)4/h5,9H,1-4H3,(H,10,11). The van der Waals surface area contributed by atoms with Crippen LogP contribution in [0.25, 0.3) is 0 Å². The minimum atomic E-state index is -1.12. The summed E-state index contributed by atoms with van der Waals surface area (Å²) in [6.45, 7) is 6.37. The summed E-state index contributed by atoms with van der Waals surface area (Å²) in [7, 11) is 0. The maximum Gasteiger partial charge on any atom is 0.528 e. The van der Waals surface area contributed by atoms with E-state index < -0.39 is 23.8 Å². The molecule has 0 heterocycles. The fraction of sp³-hybridized carbons (Fsp3) is 0.750. The number of carboxylic acids is 1. The van der Waals surface area contributed by atoms with Crippen molar-refractivity contribution in [1.29, 1.82) is 0 Å². The minimum Gasteiger partial charge on any atom is -0.480 e. The summed E-state index contributed by atoms with van der Waals surface area (Å²) in [4.78, 5) is 25.5. The summed E-state index contributed by atoms with van der Waals surface area (Å²) in [5.74, 6) is -1.12. The molecule has 2 N–H and O–H groups in total. The molecule has 0 radical (unpaired) electrons. The summed E-state index contributed by atoms with van der Waals surface area (Å²) in [6.07, 6.45) is -0.953. The van der Waals surface area contributed by atoms with Gasteiger partial charge in [-0.15, -0.1) is 5.48 Å². The highest BCUT2D eigenvalue weighted by Gasteiger charge is 2.19. The van der Waals surface area contributed by atoms with Gasteiger partial charge in [0, 0.05) is 0 Å². The van der Waals surface area contributed by atoms with Crippen LogP contribution in [0.5, 0.6) is 0 Å². The Kier molecular flexibility index (Phi) is 4.36. The lowest BCUT2D eigenvalue weighted by atomic mass is 10.2. The van der Waals surface area contributed by atoms with E-state index in [0.29, 0.717) is 0 Å². The van der Waals surface area contributed by atoms with Crippen LogP contribution >= 0.6 is 0 Å². The molecule has 0 fully saturated rings. The van der Waals surface area contributed by atoms with Gasteiger partial charge in [-0.1, -0.05) is 0 Å². The Morgan fingerprint density at radius 3 is 2.21 bits per heavy atom. The zero-order chi connectivity index (χ0) is 11.4. The van der Waals surface area contributed by atoms with Gasteiger partial charge >= 0.3 is 12.1 Å². The van der Waals surface area contributed by atoms with Crippen LogP contribution in [0, 0.1) is 0 Å². The van der Waals surface area contributed by atoms with Crippen molar-refractivity contribution in [3.63, 3.8) is 0 Å². The lowest BCUT2D eigenvalue weighted by Crippen LogP contribution is -2.37. The predicted molar refractivity (Wildman–Crippen MR) is 47.6 cm³/mol. The Hall–Kier alpha value is -1.30. The molecule has 14 heavy (non-hydrogen) atoms. The number of carbonyl (C=O) groups excluding carboxylic acids is 1. The molecule has 0 aromatic heterocycles.